The average Bonchev–Trinajstić information content (AvgIpc) is 3.10. The third-order valence-electron chi connectivity index (χ3n) is 4.29. The van der Waals surface area contributed by atoms with Crippen molar-refractivity contribution in [2.75, 3.05) is 13.1 Å². The summed E-state index contributed by atoms with van der Waals surface area (Å²) in [5.41, 5.74) is 3.38. The van der Waals surface area contributed by atoms with Crippen molar-refractivity contribution in [3.8, 4) is 0 Å². The van der Waals surface area contributed by atoms with Crippen molar-refractivity contribution in [3.63, 3.8) is 0 Å². The van der Waals surface area contributed by atoms with Crippen LogP contribution in [0.3, 0.4) is 0 Å². The maximum Gasteiger partial charge on any atom is 0.220 e. The molecule has 2 aromatic rings. The first-order valence-electron chi connectivity index (χ1n) is 7.95. The van der Waals surface area contributed by atoms with Crippen LogP contribution in [-0.4, -0.2) is 30.0 Å². The van der Waals surface area contributed by atoms with Gasteiger partial charge in [0.25, 0.3) is 0 Å². The predicted molar refractivity (Wildman–Crippen MR) is 103 cm³/mol. The van der Waals surface area contributed by atoms with Crippen LogP contribution in [0.4, 0.5) is 8.78 Å². The molecule has 1 aromatic carbocycles. The van der Waals surface area contributed by atoms with Gasteiger partial charge in [-0.05, 0) is 37.1 Å². The van der Waals surface area contributed by atoms with E-state index < -0.39 is 11.6 Å². The fraction of sp³-hybridized carbons (Fsp3) is 0.412. The Hall–Kier alpha value is -1.28. The van der Waals surface area contributed by atoms with Gasteiger partial charge in [0.15, 0.2) is 11.6 Å². The second-order valence-corrected chi connectivity index (χ2v) is 6.65. The topological polar surface area (TPSA) is 54.0 Å². The molecule has 0 aliphatic carbocycles. The van der Waals surface area contributed by atoms with Crippen LogP contribution in [0.25, 0.3) is 0 Å². The second kappa shape index (κ2) is 10.8. The zero-order valence-corrected chi connectivity index (χ0v) is 16.4. The van der Waals surface area contributed by atoms with Crippen LogP contribution in [0.2, 0.25) is 0 Å². The first kappa shape index (κ1) is 22.8. The van der Waals surface area contributed by atoms with Gasteiger partial charge in [-0.25, -0.2) is 13.8 Å². The Morgan fingerprint density at radius 3 is 2.81 bits per heavy atom. The minimum atomic E-state index is -0.850. The van der Waals surface area contributed by atoms with Gasteiger partial charge in [0, 0.05) is 30.3 Å². The number of carbonyl (C=O) groups is 1. The number of carbonyl (C=O) groups excluding carboxylic acids is 1. The third kappa shape index (κ3) is 5.87. The van der Waals surface area contributed by atoms with E-state index in [-0.39, 0.29) is 42.7 Å². The van der Waals surface area contributed by atoms with Crippen molar-refractivity contribution >= 4 is 42.1 Å². The number of aryl methyl sites for hydroxylation is 1. The number of amides is 1. The highest BCUT2D eigenvalue weighted by molar-refractivity contribution is 7.07. The van der Waals surface area contributed by atoms with E-state index in [1.807, 2.05) is 5.38 Å². The molecule has 1 amide bonds. The van der Waals surface area contributed by atoms with Crippen LogP contribution in [-0.2, 0) is 11.2 Å². The summed E-state index contributed by atoms with van der Waals surface area (Å²) in [6.07, 6.45) is 1.73. The summed E-state index contributed by atoms with van der Waals surface area (Å²) in [6.45, 7) is 1.40. The summed E-state index contributed by atoms with van der Waals surface area (Å²) in [7, 11) is 0. The van der Waals surface area contributed by atoms with Crippen molar-refractivity contribution < 1.29 is 13.6 Å². The van der Waals surface area contributed by atoms with Crippen molar-refractivity contribution in [1.82, 2.24) is 15.6 Å². The molecule has 0 radical (unpaired) electrons. The number of halogens is 4. The number of hydrogen-bond donors (Lipinski definition) is 2. The van der Waals surface area contributed by atoms with E-state index in [1.165, 1.54) is 17.4 Å². The minimum absolute atomic E-state index is 0. The molecule has 2 heterocycles. The Labute approximate surface area is 167 Å². The molecule has 9 heteroatoms. The zero-order valence-electron chi connectivity index (χ0n) is 13.9. The molecule has 1 aliphatic rings. The third-order valence-corrected chi connectivity index (χ3v) is 4.93. The maximum absolute atomic E-state index is 13.5. The van der Waals surface area contributed by atoms with Gasteiger partial charge < -0.3 is 10.6 Å². The molecule has 2 N–H and O–H groups in total. The molecule has 2 unspecified atom stereocenters. The lowest BCUT2D eigenvalue weighted by molar-refractivity contribution is -0.122. The van der Waals surface area contributed by atoms with E-state index in [4.69, 9.17) is 0 Å². The van der Waals surface area contributed by atoms with Crippen LogP contribution in [0.5, 0.6) is 0 Å². The fourth-order valence-electron chi connectivity index (χ4n) is 3.03. The lowest BCUT2D eigenvalue weighted by Crippen LogP contribution is -2.50. The van der Waals surface area contributed by atoms with Crippen LogP contribution in [0, 0.1) is 11.6 Å². The molecule has 4 nitrogen and oxygen atoms in total. The summed E-state index contributed by atoms with van der Waals surface area (Å²) in [4.78, 5) is 16.4. The first-order chi connectivity index (χ1) is 11.6. The van der Waals surface area contributed by atoms with E-state index in [2.05, 4.69) is 15.6 Å². The number of piperidine rings is 1. The Balaban J connectivity index is 0.00000169. The number of aromatic nitrogens is 1. The van der Waals surface area contributed by atoms with Crippen LogP contribution >= 0.6 is 36.2 Å². The Bertz CT molecular complexity index is 703. The fourth-order valence-corrected chi connectivity index (χ4v) is 3.63. The van der Waals surface area contributed by atoms with Gasteiger partial charge in [-0.1, -0.05) is 6.07 Å². The molecule has 3 rings (SSSR count). The van der Waals surface area contributed by atoms with Crippen LogP contribution < -0.4 is 10.6 Å². The molecular formula is C17H21Cl2F2N3OS. The largest absolute Gasteiger partial charge is 0.351 e. The van der Waals surface area contributed by atoms with Crippen LogP contribution in [0.1, 0.15) is 30.0 Å². The number of thiazole rings is 1. The highest BCUT2D eigenvalue weighted by Gasteiger charge is 2.28. The van der Waals surface area contributed by atoms with Gasteiger partial charge in [-0.2, -0.15) is 0 Å². The lowest BCUT2D eigenvalue weighted by atomic mass is 9.86. The Morgan fingerprint density at radius 1 is 1.31 bits per heavy atom. The quantitative estimate of drug-likeness (QED) is 0.773. The van der Waals surface area contributed by atoms with Crippen molar-refractivity contribution in [2.45, 2.75) is 31.2 Å². The van der Waals surface area contributed by atoms with Gasteiger partial charge in [-0.3, -0.25) is 4.79 Å². The van der Waals surface area contributed by atoms with Gasteiger partial charge in [-0.15, -0.1) is 36.2 Å². The standard InChI is InChI=1S/C17H19F2N3OS.2ClH/c18-14-3-1-11(7-15(14)19)13-5-6-20-8-16(13)22-17(23)4-2-12-9-24-10-21-12;;/h1,3,7,9-10,13,16,20H,2,4-6,8H2,(H,22,23);2*1H. The van der Waals surface area contributed by atoms with E-state index in [0.717, 1.165) is 30.3 Å². The molecule has 0 saturated carbocycles. The van der Waals surface area contributed by atoms with E-state index in [1.54, 1.807) is 11.6 Å². The molecule has 1 aromatic heterocycles. The molecule has 0 spiro atoms. The summed E-state index contributed by atoms with van der Waals surface area (Å²) < 4.78 is 26.7. The molecule has 26 heavy (non-hydrogen) atoms. The van der Waals surface area contributed by atoms with E-state index >= 15 is 0 Å². The molecular weight excluding hydrogens is 403 g/mol. The normalized spacial score (nSPS) is 19.2. The Morgan fingerprint density at radius 2 is 2.12 bits per heavy atom. The molecule has 0 bridgehead atoms. The van der Waals surface area contributed by atoms with Gasteiger partial charge in [0.1, 0.15) is 0 Å². The van der Waals surface area contributed by atoms with Crippen molar-refractivity contribution in [1.29, 1.82) is 0 Å². The summed E-state index contributed by atoms with van der Waals surface area (Å²) in [5.74, 6) is -1.77. The first-order valence-corrected chi connectivity index (χ1v) is 8.90. The Kier molecular flexibility index (Phi) is 9.43. The summed E-state index contributed by atoms with van der Waals surface area (Å²) >= 11 is 1.51. The smallest absolute Gasteiger partial charge is 0.220 e. The number of benzene rings is 1. The molecule has 1 fully saturated rings. The molecule has 1 saturated heterocycles. The number of hydrogen-bond acceptors (Lipinski definition) is 4. The van der Waals surface area contributed by atoms with Crippen molar-refractivity contribution in [2.24, 2.45) is 0 Å². The number of rotatable bonds is 5. The zero-order chi connectivity index (χ0) is 16.9. The monoisotopic (exact) mass is 423 g/mol. The lowest BCUT2D eigenvalue weighted by Gasteiger charge is -2.33. The van der Waals surface area contributed by atoms with Gasteiger partial charge in [0.05, 0.1) is 11.2 Å². The number of nitrogens with zero attached hydrogens (tertiary/aromatic N) is 1. The SMILES string of the molecule is Cl.Cl.O=C(CCc1cscn1)NC1CNCCC1c1ccc(F)c(F)c1. The number of nitrogens with one attached hydrogen (secondary N) is 2. The average molecular weight is 424 g/mol. The second-order valence-electron chi connectivity index (χ2n) is 5.93. The predicted octanol–water partition coefficient (Wildman–Crippen LogP) is 3.46. The van der Waals surface area contributed by atoms with Gasteiger partial charge in [0.2, 0.25) is 5.91 Å². The summed E-state index contributed by atoms with van der Waals surface area (Å²) in [5, 5.41) is 8.19. The summed E-state index contributed by atoms with van der Waals surface area (Å²) in [6, 6.07) is 3.85. The van der Waals surface area contributed by atoms with E-state index in [9.17, 15) is 13.6 Å². The molecule has 2 atom stereocenters. The highest BCUT2D eigenvalue weighted by Crippen LogP contribution is 2.27. The maximum atomic E-state index is 13.5. The van der Waals surface area contributed by atoms with Crippen molar-refractivity contribution in [3.05, 3.63) is 52.0 Å². The highest BCUT2D eigenvalue weighted by atomic mass is 35.5. The minimum Gasteiger partial charge on any atom is -0.351 e. The van der Waals surface area contributed by atoms with Crippen LogP contribution in [0.15, 0.2) is 29.1 Å². The van der Waals surface area contributed by atoms with Gasteiger partial charge >= 0.3 is 0 Å². The molecule has 144 valence electrons. The van der Waals surface area contributed by atoms with E-state index in [0.29, 0.717) is 19.4 Å². The molecule has 1 aliphatic heterocycles.